The van der Waals surface area contributed by atoms with Crippen LogP contribution in [0.2, 0.25) is 0 Å². The monoisotopic (exact) mass is 422 g/mol. The van der Waals surface area contributed by atoms with E-state index in [1.54, 1.807) is 26.1 Å². The molecule has 1 aromatic heterocycles. The number of thiazole rings is 1. The number of halogens is 1. The molecule has 0 atom stereocenters. The van der Waals surface area contributed by atoms with E-state index in [0.29, 0.717) is 4.88 Å². The highest BCUT2D eigenvalue weighted by Crippen LogP contribution is 2.36. The van der Waals surface area contributed by atoms with Crippen LogP contribution < -0.4 is 4.87 Å². The molecule has 0 bridgehead atoms. The van der Waals surface area contributed by atoms with E-state index >= 15 is 0 Å². The quantitative estimate of drug-likeness (QED) is 0.763. The predicted molar refractivity (Wildman–Crippen MR) is 102 cm³/mol. The summed E-state index contributed by atoms with van der Waals surface area (Å²) in [6.45, 7) is 3.12. The summed E-state index contributed by atoms with van der Waals surface area (Å²) in [7, 11) is 0. The molecule has 1 aromatic carbocycles. The van der Waals surface area contributed by atoms with Crippen molar-refractivity contribution in [3.63, 3.8) is 0 Å². The summed E-state index contributed by atoms with van der Waals surface area (Å²) in [6.07, 6.45) is 3.08. The first-order chi connectivity index (χ1) is 11.8. The number of nitrogens with zero attached hydrogens (tertiary/aromatic N) is 2. The number of rotatable bonds is 4. The lowest BCUT2D eigenvalue weighted by molar-refractivity contribution is -0.148. The predicted octanol–water partition coefficient (Wildman–Crippen LogP) is 3.59. The molecule has 1 aliphatic heterocycles. The zero-order chi connectivity index (χ0) is 18.1. The highest BCUT2D eigenvalue weighted by Gasteiger charge is 2.19. The SMILES string of the molecule is CC(C)OC(=O)Cn1c(O)c(C=C2C=Nc3ccc(Br)cc32)sc1=O. The molecular weight excluding hydrogens is 408 g/mol. The summed E-state index contributed by atoms with van der Waals surface area (Å²) in [5, 5.41) is 10.3. The Morgan fingerprint density at radius 3 is 2.96 bits per heavy atom. The first-order valence-electron chi connectivity index (χ1n) is 7.53. The van der Waals surface area contributed by atoms with E-state index < -0.39 is 10.8 Å². The minimum absolute atomic E-state index is 0.250. The van der Waals surface area contributed by atoms with Crippen LogP contribution in [0.3, 0.4) is 0 Å². The molecule has 0 saturated heterocycles. The fourth-order valence-corrected chi connectivity index (χ4v) is 3.59. The van der Waals surface area contributed by atoms with Crippen LogP contribution in [-0.4, -0.2) is 28.0 Å². The van der Waals surface area contributed by atoms with Gasteiger partial charge in [0.1, 0.15) is 6.54 Å². The highest BCUT2D eigenvalue weighted by molar-refractivity contribution is 9.10. The molecule has 25 heavy (non-hydrogen) atoms. The molecule has 0 unspecified atom stereocenters. The number of fused-ring (bicyclic) bond motifs is 1. The zero-order valence-electron chi connectivity index (χ0n) is 13.5. The third-order valence-electron chi connectivity index (χ3n) is 3.45. The van der Waals surface area contributed by atoms with Crippen LogP contribution in [0.25, 0.3) is 11.6 Å². The molecule has 130 valence electrons. The molecule has 0 aliphatic carbocycles. The Hall–Kier alpha value is -2.19. The van der Waals surface area contributed by atoms with Gasteiger partial charge in [0.05, 0.1) is 16.7 Å². The molecule has 0 spiro atoms. The van der Waals surface area contributed by atoms with Gasteiger partial charge in [0.2, 0.25) is 5.88 Å². The van der Waals surface area contributed by atoms with Gasteiger partial charge in [-0.15, -0.1) is 0 Å². The second kappa shape index (κ2) is 6.97. The molecular formula is C17H15BrN2O4S. The fraction of sp³-hybridized carbons (Fsp3) is 0.235. The summed E-state index contributed by atoms with van der Waals surface area (Å²) in [5.74, 6) is -0.818. The lowest BCUT2D eigenvalue weighted by atomic mass is 10.1. The van der Waals surface area contributed by atoms with Crippen LogP contribution in [0.5, 0.6) is 5.88 Å². The van der Waals surface area contributed by atoms with Gasteiger partial charge in [0.15, 0.2) is 0 Å². The minimum Gasteiger partial charge on any atom is -0.493 e. The van der Waals surface area contributed by atoms with E-state index in [4.69, 9.17) is 4.74 Å². The lowest BCUT2D eigenvalue weighted by Gasteiger charge is -2.08. The Morgan fingerprint density at radius 2 is 2.24 bits per heavy atom. The Balaban J connectivity index is 1.92. The number of aliphatic imine (C=N–C) groups is 1. The van der Waals surface area contributed by atoms with Crippen molar-refractivity contribution in [1.29, 1.82) is 0 Å². The minimum atomic E-state index is -0.568. The molecule has 2 aromatic rings. The van der Waals surface area contributed by atoms with Gasteiger partial charge < -0.3 is 9.84 Å². The molecule has 1 aliphatic rings. The van der Waals surface area contributed by atoms with Gasteiger partial charge in [-0.25, -0.2) is 0 Å². The van der Waals surface area contributed by atoms with E-state index in [-0.39, 0.29) is 18.5 Å². The second-order valence-corrected chi connectivity index (χ2v) is 7.61. The largest absolute Gasteiger partial charge is 0.493 e. The van der Waals surface area contributed by atoms with Crippen molar-refractivity contribution in [2.75, 3.05) is 0 Å². The third kappa shape index (κ3) is 3.74. The Morgan fingerprint density at radius 1 is 1.48 bits per heavy atom. The summed E-state index contributed by atoms with van der Waals surface area (Å²) < 4.78 is 6.94. The maximum Gasteiger partial charge on any atom is 0.326 e. The van der Waals surface area contributed by atoms with Gasteiger partial charge in [0.25, 0.3) is 0 Å². The van der Waals surface area contributed by atoms with Gasteiger partial charge in [-0.2, -0.15) is 0 Å². The Bertz CT molecular complexity index is 956. The maximum atomic E-state index is 12.1. The van der Waals surface area contributed by atoms with E-state index in [2.05, 4.69) is 20.9 Å². The lowest BCUT2D eigenvalue weighted by Crippen LogP contribution is -2.22. The fourth-order valence-electron chi connectivity index (χ4n) is 2.39. The number of allylic oxidation sites excluding steroid dienone is 1. The number of hydrogen-bond donors (Lipinski definition) is 1. The first kappa shape index (κ1) is 17.6. The average molecular weight is 423 g/mol. The van der Waals surface area contributed by atoms with Crippen molar-refractivity contribution in [3.8, 4) is 5.88 Å². The van der Waals surface area contributed by atoms with Crippen LogP contribution in [0.1, 0.15) is 24.3 Å². The molecule has 0 saturated carbocycles. The number of hydrogen-bond acceptors (Lipinski definition) is 6. The topological polar surface area (TPSA) is 80.9 Å². The standard InChI is InChI=1S/C17H15BrN2O4S/c1-9(2)24-15(21)8-20-16(22)14(25-17(20)23)5-10-7-19-13-4-3-11(18)6-12(10)13/h3-7,9,22H,8H2,1-2H3. The van der Waals surface area contributed by atoms with E-state index in [1.165, 1.54) is 0 Å². The van der Waals surface area contributed by atoms with Gasteiger partial charge in [0, 0.05) is 21.8 Å². The van der Waals surface area contributed by atoms with E-state index in [1.807, 2.05) is 18.2 Å². The second-order valence-electron chi connectivity index (χ2n) is 5.70. The van der Waals surface area contributed by atoms with Crippen LogP contribution in [0.4, 0.5) is 5.69 Å². The number of aromatic nitrogens is 1. The molecule has 1 N–H and O–H groups in total. The van der Waals surface area contributed by atoms with Gasteiger partial charge in [-0.3, -0.25) is 19.1 Å². The molecule has 3 rings (SSSR count). The van der Waals surface area contributed by atoms with Crippen molar-refractivity contribution >= 4 is 56.8 Å². The van der Waals surface area contributed by atoms with Gasteiger partial charge >= 0.3 is 10.8 Å². The van der Waals surface area contributed by atoms with Gasteiger partial charge in [-0.1, -0.05) is 27.3 Å². The molecule has 0 amide bonds. The number of aromatic hydroxyl groups is 1. The zero-order valence-corrected chi connectivity index (χ0v) is 15.9. The van der Waals surface area contributed by atoms with Crippen molar-refractivity contribution in [2.45, 2.75) is 26.5 Å². The van der Waals surface area contributed by atoms with Crippen LogP contribution in [0.15, 0.2) is 32.5 Å². The summed E-state index contributed by atoms with van der Waals surface area (Å²) >= 11 is 4.29. The van der Waals surface area contributed by atoms with Gasteiger partial charge in [-0.05, 0) is 38.1 Å². The number of carbonyl (C=O) groups is 1. The van der Waals surface area contributed by atoms with Crippen molar-refractivity contribution in [2.24, 2.45) is 4.99 Å². The Kier molecular flexibility index (Phi) is 4.91. The van der Waals surface area contributed by atoms with Crippen LogP contribution in [0, 0.1) is 0 Å². The number of esters is 1. The van der Waals surface area contributed by atoms with Crippen LogP contribution >= 0.6 is 27.3 Å². The summed E-state index contributed by atoms with van der Waals surface area (Å²) in [5.41, 5.74) is 2.51. The Labute approximate surface area is 156 Å². The maximum absolute atomic E-state index is 12.1. The summed E-state index contributed by atoms with van der Waals surface area (Å²) in [6, 6.07) is 5.70. The molecule has 8 heteroatoms. The molecule has 0 radical (unpaired) electrons. The molecule has 2 heterocycles. The van der Waals surface area contributed by atoms with E-state index in [0.717, 1.165) is 37.2 Å². The average Bonchev–Trinajstić information content (AvgIpc) is 3.03. The highest BCUT2D eigenvalue weighted by atomic mass is 79.9. The van der Waals surface area contributed by atoms with Crippen molar-refractivity contribution in [1.82, 2.24) is 4.57 Å². The number of benzene rings is 1. The third-order valence-corrected chi connectivity index (χ3v) is 4.86. The normalized spacial score (nSPS) is 14.3. The number of carbonyl (C=O) groups excluding carboxylic acids is 1. The number of ether oxygens (including phenoxy) is 1. The summed E-state index contributed by atoms with van der Waals surface area (Å²) in [4.78, 5) is 28.1. The molecule has 0 fully saturated rings. The smallest absolute Gasteiger partial charge is 0.326 e. The molecule has 6 nitrogen and oxygen atoms in total. The van der Waals surface area contributed by atoms with Crippen LogP contribution in [-0.2, 0) is 16.1 Å². The van der Waals surface area contributed by atoms with Crippen molar-refractivity contribution in [3.05, 3.63) is 42.8 Å². The first-order valence-corrected chi connectivity index (χ1v) is 9.14. The van der Waals surface area contributed by atoms with Crippen molar-refractivity contribution < 1.29 is 14.6 Å². The van der Waals surface area contributed by atoms with E-state index in [9.17, 15) is 14.7 Å².